The minimum absolute atomic E-state index is 0.0155. The maximum absolute atomic E-state index is 11.4. The molecule has 0 radical (unpaired) electrons. The Balaban J connectivity index is 1.73. The molecule has 1 saturated heterocycles. The highest BCUT2D eigenvalue weighted by atomic mass is 28.4. The fraction of sp³-hybridized carbons (Fsp3) is 0.871. The molecule has 0 aromatic heterocycles. The Hall–Kier alpha value is -0.463. The first-order chi connectivity index (χ1) is 16.5. The van der Waals surface area contributed by atoms with Crippen molar-refractivity contribution < 1.29 is 19.4 Å². The van der Waals surface area contributed by atoms with Gasteiger partial charge in [0.25, 0.3) is 0 Å². The molecule has 9 atom stereocenters. The molecular weight excluding hydrogens is 464 g/mol. The maximum Gasteiger partial charge on any atom is 0.192 e. The zero-order valence-corrected chi connectivity index (χ0v) is 25.8. The molecule has 0 aromatic carbocycles. The van der Waals surface area contributed by atoms with Crippen LogP contribution in [0.5, 0.6) is 0 Å². The third kappa shape index (κ3) is 4.63. The van der Waals surface area contributed by atoms with Crippen molar-refractivity contribution in [2.75, 3.05) is 6.61 Å². The van der Waals surface area contributed by atoms with Crippen molar-refractivity contribution in [1.29, 1.82) is 0 Å². The smallest absolute Gasteiger partial charge is 0.192 e. The van der Waals surface area contributed by atoms with Gasteiger partial charge in [0.05, 0.1) is 30.0 Å². The van der Waals surface area contributed by atoms with Crippen molar-refractivity contribution >= 4 is 8.32 Å². The molecule has 4 aliphatic rings. The van der Waals surface area contributed by atoms with Gasteiger partial charge in [-0.05, 0) is 99.7 Å². The standard InChI is InChI=1S/C31H54O4Si/c1-20(2)15-23-16-21(3)31(34-23)14-13-29(7)17-24-27(22(19-32)11-12-26(29)31)25(33)18-30(24,8)35-36(9,10)28(4,5)6/h11,15,21,23-27,32-33H,12-14,16-19H2,1-10H3/b22-11-/t21-,23-,24-,25-,26+,27-,29+,30+,31-/m0/s1. The van der Waals surface area contributed by atoms with Crippen molar-refractivity contribution in [2.45, 2.75) is 135 Å². The van der Waals surface area contributed by atoms with E-state index in [0.717, 1.165) is 37.7 Å². The molecule has 1 heterocycles. The minimum Gasteiger partial charge on any atom is -0.411 e. The average Bonchev–Trinajstić information content (AvgIpc) is 3.24. The number of hydrogen-bond donors (Lipinski definition) is 2. The van der Waals surface area contributed by atoms with Crippen LogP contribution in [0.3, 0.4) is 0 Å². The van der Waals surface area contributed by atoms with Crippen molar-refractivity contribution in [3.05, 3.63) is 23.3 Å². The lowest BCUT2D eigenvalue weighted by Gasteiger charge is -2.50. The Morgan fingerprint density at radius 2 is 1.86 bits per heavy atom. The largest absolute Gasteiger partial charge is 0.411 e. The van der Waals surface area contributed by atoms with Crippen molar-refractivity contribution in [3.63, 3.8) is 0 Å². The summed E-state index contributed by atoms with van der Waals surface area (Å²) < 4.78 is 14.2. The summed E-state index contributed by atoms with van der Waals surface area (Å²) in [6.45, 7) is 23.0. The van der Waals surface area contributed by atoms with Gasteiger partial charge in [-0.3, -0.25) is 0 Å². The van der Waals surface area contributed by atoms with Gasteiger partial charge in [-0.1, -0.05) is 52.3 Å². The molecule has 2 saturated carbocycles. The minimum atomic E-state index is -2.06. The topological polar surface area (TPSA) is 58.9 Å². The zero-order chi connectivity index (χ0) is 26.9. The Kier molecular flexibility index (Phi) is 7.39. The van der Waals surface area contributed by atoms with E-state index < -0.39 is 20.0 Å². The first-order valence-electron chi connectivity index (χ1n) is 14.5. The predicted molar refractivity (Wildman–Crippen MR) is 150 cm³/mol. The molecule has 4 nitrogen and oxygen atoms in total. The Morgan fingerprint density at radius 3 is 2.44 bits per heavy atom. The molecule has 5 heteroatoms. The van der Waals surface area contributed by atoms with E-state index >= 15 is 0 Å². The van der Waals surface area contributed by atoms with Crippen LogP contribution in [0.15, 0.2) is 23.3 Å². The second-order valence-electron chi connectivity index (χ2n) is 15.2. The number of rotatable bonds is 4. The first-order valence-corrected chi connectivity index (χ1v) is 17.4. The third-order valence-electron chi connectivity index (χ3n) is 11.3. The summed E-state index contributed by atoms with van der Waals surface area (Å²) in [5.41, 5.74) is 1.96. The summed E-state index contributed by atoms with van der Waals surface area (Å²) >= 11 is 0. The molecule has 2 N–H and O–H groups in total. The van der Waals surface area contributed by atoms with Gasteiger partial charge in [0, 0.05) is 12.3 Å². The normalized spacial score (nSPS) is 46.6. The Bertz CT molecular complexity index is 899. The van der Waals surface area contributed by atoms with Crippen LogP contribution in [0.1, 0.15) is 93.9 Å². The molecule has 4 rings (SSSR count). The van der Waals surface area contributed by atoms with E-state index in [1.165, 1.54) is 5.57 Å². The molecule has 3 aliphatic carbocycles. The van der Waals surface area contributed by atoms with Crippen LogP contribution in [-0.4, -0.2) is 48.5 Å². The van der Waals surface area contributed by atoms with Crippen molar-refractivity contribution in [3.8, 4) is 0 Å². The molecule has 0 bridgehead atoms. The second-order valence-corrected chi connectivity index (χ2v) is 19.9. The second kappa shape index (κ2) is 9.33. The van der Waals surface area contributed by atoms with Crippen molar-refractivity contribution in [2.24, 2.45) is 29.1 Å². The van der Waals surface area contributed by atoms with Gasteiger partial charge in [-0.25, -0.2) is 0 Å². The van der Waals surface area contributed by atoms with Crippen LogP contribution in [-0.2, 0) is 9.16 Å². The van der Waals surface area contributed by atoms with Crippen LogP contribution < -0.4 is 0 Å². The molecule has 206 valence electrons. The first kappa shape index (κ1) is 28.5. The van der Waals surface area contributed by atoms with Crippen LogP contribution >= 0.6 is 0 Å². The zero-order valence-electron chi connectivity index (χ0n) is 24.8. The highest BCUT2D eigenvalue weighted by Crippen LogP contribution is 2.65. The highest BCUT2D eigenvalue weighted by Gasteiger charge is 2.64. The summed E-state index contributed by atoms with van der Waals surface area (Å²) in [6, 6.07) is 0. The van der Waals surface area contributed by atoms with Gasteiger partial charge in [-0.15, -0.1) is 0 Å². The van der Waals surface area contributed by atoms with E-state index in [1.807, 2.05) is 0 Å². The van der Waals surface area contributed by atoms with Crippen LogP contribution in [0.4, 0.5) is 0 Å². The quantitative estimate of drug-likeness (QED) is 0.310. The molecule has 1 aliphatic heterocycles. The number of fused-ring (bicyclic) bond motifs is 3. The van der Waals surface area contributed by atoms with Gasteiger partial charge in [0.2, 0.25) is 0 Å². The lowest BCUT2D eigenvalue weighted by molar-refractivity contribution is -0.0938. The molecule has 1 spiro atoms. The van der Waals surface area contributed by atoms with E-state index in [2.05, 4.69) is 80.6 Å². The number of ether oxygens (including phenoxy) is 1. The van der Waals surface area contributed by atoms with E-state index in [1.54, 1.807) is 0 Å². The SMILES string of the molecule is CC(C)=C[C@H]1C[C@H](C)[C@]2(CC[C@]3(C)C[C@H]4[C@H](/C(CO)=C\C[C@H]32)[C@@H](O)C[C@@]4(C)O[Si](C)(C)C(C)(C)C)O1. The summed E-state index contributed by atoms with van der Waals surface area (Å²) in [7, 11) is -2.06. The molecule has 3 fully saturated rings. The molecule has 0 amide bonds. The number of hydrogen-bond acceptors (Lipinski definition) is 4. The van der Waals surface area contributed by atoms with Gasteiger partial charge in [0.15, 0.2) is 8.32 Å². The Labute approximate surface area is 222 Å². The fourth-order valence-electron chi connectivity index (χ4n) is 8.47. The third-order valence-corrected chi connectivity index (χ3v) is 15.9. The monoisotopic (exact) mass is 518 g/mol. The Morgan fingerprint density at radius 1 is 1.19 bits per heavy atom. The van der Waals surface area contributed by atoms with E-state index in [-0.39, 0.29) is 40.6 Å². The van der Waals surface area contributed by atoms with Gasteiger partial charge < -0.3 is 19.4 Å². The van der Waals surface area contributed by atoms with E-state index in [4.69, 9.17) is 9.16 Å². The van der Waals surface area contributed by atoms with E-state index in [0.29, 0.717) is 18.3 Å². The van der Waals surface area contributed by atoms with Crippen molar-refractivity contribution in [1.82, 2.24) is 0 Å². The number of aliphatic hydroxyl groups is 2. The lowest BCUT2D eigenvalue weighted by atomic mass is 9.62. The average molecular weight is 519 g/mol. The molecular formula is C31H54O4Si. The van der Waals surface area contributed by atoms with Gasteiger partial charge in [-0.2, -0.15) is 0 Å². The number of aliphatic hydroxyl groups excluding tert-OH is 2. The summed E-state index contributed by atoms with van der Waals surface area (Å²) in [5, 5.41) is 22.0. The molecule has 0 unspecified atom stereocenters. The van der Waals surface area contributed by atoms with Gasteiger partial charge >= 0.3 is 0 Å². The van der Waals surface area contributed by atoms with Crippen LogP contribution in [0.2, 0.25) is 18.1 Å². The van der Waals surface area contributed by atoms with Crippen LogP contribution in [0, 0.1) is 29.1 Å². The lowest BCUT2D eigenvalue weighted by Crippen LogP contribution is -2.52. The highest BCUT2D eigenvalue weighted by molar-refractivity contribution is 6.74. The van der Waals surface area contributed by atoms with E-state index in [9.17, 15) is 10.2 Å². The van der Waals surface area contributed by atoms with Gasteiger partial charge in [0.1, 0.15) is 0 Å². The maximum atomic E-state index is 11.4. The molecule has 36 heavy (non-hydrogen) atoms. The predicted octanol–water partition coefficient (Wildman–Crippen LogP) is 7.02. The number of allylic oxidation sites excluding steroid dienone is 2. The van der Waals surface area contributed by atoms with Crippen LogP contribution in [0.25, 0.3) is 0 Å². The molecule has 0 aromatic rings. The summed E-state index contributed by atoms with van der Waals surface area (Å²) in [4.78, 5) is 0. The summed E-state index contributed by atoms with van der Waals surface area (Å²) in [6.07, 6.45) is 10.3. The summed E-state index contributed by atoms with van der Waals surface area (Å²) in [5.74, 6) is 1.08. The fourth-order valence-corrected chi connectivity index (χ4v) is 10.2.